The van der Waals surface area contributed by atoms with E-state index in [0.717, 1.165) is 24.0 Å². The van der Waals surface area contributed by atoms with E-state index < -0.39 is 0 Å². The van der Waals surface area contributed by atoms with E-state index in [-0.39, 0.29) is 23.9 Å². The molecule has 0 radical (unpaired) electrons. The summed E-state index contributed by atoms with van der Waals surface area (Å²) >= 11 is 0. The van der Waals surface area contributed by atoms with Gasteiger partial charge in [0.1, 0.15) is 0 Å². The summed E-state index contributed by atoms with van der Waals surface area (Å²) in [6.45, 7) is 5.30. The lowest BCUT2D eigenvalue weighted by Gasteiger charge is -2.19. The van der Waals surface area contributed by atoms with Gasteiger partial charge in [0.25, 0.3) is 5.56 Å². The number of ketones is 1. The number of aromatic amines is 1. The smallest absolute Gasteiger partial charge is 0.252 e. The number of H-pyrrole nitrogens is 1. The topological polar surface area (TPSA) is 93.9 Å². The van der Waals surface area contributed by atoms with Crippen LogP contribution in [0.3, 0.4) is 0 Å². The minimum atomic E-state index is -0.329. The minimum Gasteiger partial charge on any atom is -0.390 e. The molecule has 0 unspecified atom stereocenters. The minimum absolute atomic E-state index is 0.140. The molecule has 1 saturated carbocycles. The number of nitrogens with zero attached hydrogens (tertiary/aromatic N) is 1. The molecule has 27 heavy (non-hydrogen) atoms. The van der Waals surface area contributed by atoms with E-state index in [0.29, 0.717) is 40.3 Å². The van der Waals surface area contributed by atoms with E-state index >= 15 is 0 Å². The summed E-state index contributed by atoms with van der Waals surface area (Å²) in [6.07, 6.45) is 2.86. The molecule has 0 bridgehead atoms. The van der Waals surface area contributed by atoms with E-state index in [1.165, 1.54) is 0 Å². The van der Waals surface area contributed by atoms with Crippen molar-refractivity contribution in [3.63, 3.8) is 0 Å². The van der Waals surface area contributed by atoms with Gasteiger partial charge in [-0.2, -0.15) is 5.26 Å². The SMILES string of the molecule is Cc1cc(C#N)cc(C(=O)c2c(CC3CC3)c(CO)[nH]c(=O)c2C(C)C)c1. The molecule has 2 aromatic rings. The summed E-state index contributed by atoms with van der Waals surface area (Å²) in [5.41, 5.74) is 3.33. The number of aliphatic hydroxyl groups is 1. The Hall–Kier alpha value is -2.71. The van der Waals surface area contributed by atoms with Gasteiger partial charge in [0, 0.05) is 22.4 Å². The highest BCUT2D eigenvalue weighted by molar-refractivity contribution is 6.11. The van der Waals surface area contributed by atoms with Crippen LogP contribution in [0.2, 0.25) is 0 Å². The number of carbonyl (C=O) groups excluding carboxylic acids is 1. The molecule has 1 aliphatic rings. The van der Waals surface area contributed by atoms with Crippen LogP contribution in [-0.4, -0.2) is 15.9 Å². The molecule has 0 spiro atoms. The first-order valence-electron chi connectivity index (χ1n) is 9.31. The first-order chi connectivity index (χ1) is 12.8. The van der Waals surface area contributed by atoms with Gasteiger partial charge in [-0.1, -0.05) is 13.8 Å². The highest BCUT2D eigenvalue weighted by Crippen LogP contribution is 2.36. The summed E-state index contributed by atoms with van der Waals surface area (Å²) in [5, 5.41) is 19.0. The number of rotatable bonds is 6. The molecule has 1 heterocycles. The molecule has 1 aromatic carbocycles. The lowest BCUT2D eigenvalue weighted by atomic mass is 9.86. The lowest BCUT2D eigenvalue weighted by Crippen LogP contribution is -2.25. The summed E-state index contributed by atoms with van der Waals surface area (Å²) in [6, 6.07) is 7.12. The van der Waals surface area contributed by atoms with Crippen molar-refractivity contribution in [2.75, 3.05) is 0 Å². The standard InChI is InChI=1S/C22H24N2O3/c1-12(2)19-20(21(26)16-7-13(3)6-15(8-16)10-23)17(9-14-4-5-14)18(11-25)24-22(19)27/h6-8,12,14,25H,4-5,9,11H2,1-3H3,(H,24,27). The van der Waals surface area contributed by atoms with Gasteiger partial charge < -0.3 is 10.1 Å². The number of aryl methyl sites for hydroxylation is 1. The second-order valence-electron chi connectivity index (χ2n) is 7.69. The van der Waals surface area contributed by atoms with Crippen molar-refractivity contribution >= 4 is 5.78 Å². The number of hydrogen-bond donors (Lipinski definition) is 2. The number of aliphatic hydroxyl groups excluding tert-OH is 1. The molecule has 1 aliphatic carbocycles. The molecule has 0 amide bonds. The zero-order valence-electron chi connectivity index (χ0n) is 15.9. The summed E-state index contributed by atoms with van der Waals surface area (Å²) in [7, 11) is 0. The van der Waals surface area contributed by atoms with Crippen molar-refractivity contribution in [2.45, 2.75) is 52.6 Å². The fourth-order valence-electron chi connectivity index (χ4n) is 3.61. The molecule has 1 fully saturated rings. The van der Waals surface area contributed by atoms with E-state index in [2.05, 4.69) is 11.1 Å². The summed E-state index contributed by atoms with van der Waals surface area (Å²) < 4.78 is 0. The van der Waals surface area contributed by atoms with Crippen LogP contribution in [0.15, 0.2) is 23.0 Å². The Kier molecular flexibility index (Phi) is 5.29. The molecular weight excluding hydrogens is 340 g/mol. The van der Waals surface area contributed by atoms with Crippen LogP contribution in [0.4, 0.5) is 0 Å². The Morgan fingerprint density at radius 3 is 2.59 bits per heavy atom. The van der Waals surface area contributed by atoms with Crippen LogP contribution in [0.5, 0.6) is 0 Å². The number of hydrogen-bond acceptors (Lipinski definition) is 4. The predicted molar refractivity (Wildman–Crippen MR) is 103 cm³/mol. The van der Waals surface area contributed by atoms with Crippen LogP contribution in [0, 0.1) is 24.2 Å². The zero-order valence-corrected chi connectivity index (χ0v) is 15.9. The van der Waals surface area contributed by atoms with Gasteiger partial charge in [-0.25, -0.2) is 0 Å². The summed E-state index contributed by atoms with van der Waals surface area (Å²) in [4.78, 5) is 28.9. The maximum absolute atomic E-state index is 13.5. The Labute approximate surface area is 158 Å². The first kappa shape index (κ1) is 19.1. The molecular formula is C22H24N2O3. The Bertz CT molecular complexity index is 992. The van der Waals surface area contributed by atoms with E-state index in [4.69, 9.17) is 0 Å². The van der Waals surface area contributed by atoms with E-state index in [1.54, 1.807) is 18.2 Å². The third kappa shape index (κ3) is 3.86. The van der Waals surface area contributed by atoms with Crippen molar-refractivity contribution < 1.29 is 9.90 Å². The number of benzene rings is 1. The fraction of sp³-hybridized carbons (Fsp3) is 0.409. The van der Waals surface area contributed by atoms with E-state index in [9.17, 15) is 20.0 Å². The number of nitrogens with one attached hydrogen (secondary N) is 1. The van der Waals surface area contributed by atoms with Crippen molar-refractivity contribution in [3.05, 3.63) is 67.6 Å². The Morgan fingerprint density at radius 1 is 1.33 bits per heavy atom. The summed E-state index contributed by atoms with van der Waals surface area (Å²) in [5.74, 6) is 0.0916. The first-order valence-corrected chi connectivity index (χ1v) is 9.31. The van der Waals surface area contributed by atoms with Crippen molar-refractivity contribution in [3.8, 4) is 6.07 Å². The van der Waals surface area contributed by atoms with E-state index in [1.807, 2.05) is 20.8 Å². The fourth-order valence-corrected chi connectivity index (χ4v) is 3.61. The maximum Gasteiger partial charge on any atom is 0.252 e. The number of pyridine rings is 1. The van der Waals surface area contributed by atoms with Crippen molar-refractivity contribution in [1.29, 1.82) is 5.26 Å². The van der Waals surface area contributed by atoms with Crippen LogP contribution >= 0.6 is 0 Å². The Morgan fingerprint density at radius 2 is 2.04 bits per heavy atom. The number of nitriles is 1. The van der Waals surface area contributed by atoms with Gasteiger partial charge in [0.2, 0.25) is 0 Å². The van der Waals surface area contributed by atoms with Gasteiger partial charge in [-0.15, -0.1) is 0 Å². The van der Waals surface area contributed by atoms with Crippen molar-refractivity contribution in [2.24, 2.45) is 5.92 Å². The normalized spacial score (nSPS) is 13.6. The van der Waals surface area contributed by atoms with Crippen LogP contribution in [-0.2, 0) is 13.0 Å². The third-order valence-electron chi connectivity index (χ3n) is 5.07. The monoisotopic (exact) mass is 364 g/mol. The highest BCUT2D eigenvalue weighted by atomic mass is 16.3. The van der Waals surface area contributed by atoms with Crippen molar-refractivity contribution in [1.82, 2.24) is 4.98 Å². The number of carbonyl (C=O) groups is 1. The Balaban J connectivity index is 2.27. The maximum atomic E-state index is 13.5. The van der Waals surface area contributed by atoms with Gasteiger partial charge >= 0.3 is 0 Å². The predicted octanol–water partition coefficient (Wildman–Crippen LogP) is 3.35. The largest absolute Gasteiger partial charge is 0.390 e. The molecule has 0 atom stereocenters. The highest BCUT2D eigenvalue weighted by Gasteiger charge is 2.30. The average Bonchev–Trinajstić information content (AvgIpc) is 3.44. The molecule has 0 saturated heterocycles. The number of aromatic nitrogens is 1. The van der Waals surface area contributed by atoms with Crippen LogP contribution in [0.25, 0.3) is 0 Å². The molecule has 1 aromatic heterocycles. The lowest BCUT2D eigenvalue weighted by molar-refractivity contribution is 0.103. The molecule has 5 nitrogen and oxygen atoms in total. The van der Waals surface area contributed by atoms with Gasteiger partial charge in [0.15, 0.2) is 5.78 Å². The molecule has 5 heteroatoms. The average molecular weight is 364 g/mol. The third-order valence-corrected chi connectivity index (χ3v) is 5.07. The molecule has 0 aliphatic heterocycles. The zero-order chi connectivity index (χ0) is 19.7. The molecule has 2 N–H and O–H groups in total. The van der Waals surface area contributed by atoms with Gasteiger partial charge in [0.05, 0.1) is 18.2 Å². The van der Waals surface area contributed by atoms with Crippen LogP contribution in [0.1, 0.15) is 76.5 Å². The molecule has 3 rings (SSSR count). The molecule has 140 valence electrons. The second kappa shape index (κ2) is 7.50. The quantitative estimate of drug-likeness (QED) is 0.769. The van der Waals surface area contributed by atoms with Gasteiger partial charge in [-0.3, -0.25) is 9.59 Å². The van der Waals surface area contributed by atoms with Gasteiger partial charge in [-0.05, 0) is 67.3 Å². The van der Waals surface area contributed by atoms with Crippen LogP contribution < -0.4 is 5.56 Å². The second-order valence-corrected chi connectivity index (χ2v) is 7.69.